The van der Waals surface area contributed by atoms with E-state index in [1.54, 1.807) is 30.7 Å². The summed E-state index contributed by atoms with van der Waals surface area (Å²) < 4.78 is 0. The summed E-state index contributed by atoms with van der Waals surface area (Å²) in [5, 5.41) is 8.84. The van der Waals surface area contributed by atoms with Gasteiger partial charge in [-0.2, -0.15) is 5.26 Å². The van der Waals surface area contributed by atoms with Crippen LogP contribution in [0.2, 0.25) is 0 Å². The first-order valence-corrected chi connectivity index (χ1v) is 4.78. The molecule has 0 aliphatic heterocycles. The normalized spacial score (nSPS) is 9.44. The lowest BCUT2D eigenvalue weighted by Gasteiger charge is -2.05. The van der Waals surface area contributed by atoms with E-state index in [1.807, 2.05) is 12.1 Å². The zero-order valence-electron chi connectivity index (χ0n) is 8.59. The molecule has 0 aromatic carbocycles. The Kier molecular flexibility index (Phi) is 2.75. The Morgan fingerprint density at radius 3 is 2.69 bits per heavy atom. The molecule has 0 aliphatic rings. The number of pyridine rings is 2. The van der Waals surface area contributed by atoms with Gasteiger partial charge in [0.05, 0.1) is 11.3 Å². The van der Waals surface area contributed by atoms with Crippen LogP contribution in [-0.4, -0.2) is 9.97 Å². The van der Waals surface area contributed by atoms with Crippen LogP contribution in [0.4, 0.5) is 0 Å². The summed E-state index contributed by atoms with van der Waals surface area (Å²) in [6.07, 6.45) is 6.64. The van der Waals surface area contributed by atoms with Gasteiger partial charge in [-0.1, -0.05) is 6.58 Å². The minimum Gasteiger partial charge on any atom is -0.265 e. The van der Waals surface area contributed by atoms with Crippen LogP contribution in [0.5, 0.6) is 0 Å². The zero-order valence-corrected chi connectivity index (χ0v) is 8.59. The van der Waals surface area contributed by atoms with E-state index in [4.69, 9.17) is 5.26 Å². The van der Waals surface area contributed by atoms with Crippen molar-refractivity contribution in [3.63, 3.8) is 0 Å². The molecule has 0 bridgehead atoms. The first kappa shape index (κ1) is 10.1. The van der Waals surface area contributed by atoms with Crippen molar-refractivity contribution in [2.45, 2.75) is 0 Å². The summed E-state index contributed by atoms with van der Waals surface area (Å²) in [7, 11) is 0. The van der Waals surface area contributed by atoms with E-state index in [0.717, 1.165) is 16.8 Å². The number of nitrogens with zero attached hydrogens (tertiary/aromatic N) is 3. The molecule has 3 heteroatoms. The molecular weight excluding hydrogens is 198 g/mol. The number of aromatic nitrogens is 2. The predicted molar refractivity (Wildman–Crippen MR) is 62.3 cm³/mol. The van der Waals surface area contributed by atoms with Crippen molar-refractivity contribution >= 4 is 6.08 Å². The second kappa shape index (κ2) is 4.37. The second-order valence-electron chi connectivity index (χ2n) is 3.21. The minimum atomic E-state index is 0.539. The highest BCUT2D eigenvalue weighted by molar-refractivity contribution is 5.73. The van der Waals surface area contributed by atoms with Crippen molar-refractivity contribution in [3.05, 3.63) is 54.6 Å². The fourth-order valence-electron chi connectivity index (χ4n) is 1.46. The molecule has 16 heavy (non-hydrogen) atoms. The highest BCUT2D eigenvalue weighted by atomic mass is 14.7. The van der Waals surface area contributed by atoms with Crippen molar-refractivity contribution in [2.24, 2.45) is 0 Å². The average Bonchev–Trinajstić information content (AvgIpc) is 2.39. The van der Waals surface area contributed by atoms with Crippen molar-refractivity contribution in [1.82, 2.24) is 9.97 Å². The number of hydrogen-bond acceptors (Lipinski definition) is 3. The molecule has 0 N–H and O–H groups in total. The summed E-state index contributed by atoms with van der Waals surface area (Å²) in [5.41, 5.74) is 3.19. The maximum Gasteiger partial charge on any atom is 0.101 e. The Bertz CT molecular complexity index is 553. The van der Waals surface area contributed by atoms with Gasteiger partial charge in [-0.25, -0.2) is 0 Å². The van der Waals surface area contributed by atoms with Crippen LogP contribution in [-0.2, 0) is 0 Å². The molecule has 0 radical (unpaired) electrons. The lowest BCUT2D eigenvalue weighted by molar-refractivity contribution is 1.26. The molecule has 2 heterocycles. The summed E-state index contributed by atoms with van der Waals surface area (Å²) in [6, 6.07) is 7.64. The summed E-state index contributed by atoms with van der Waals surface area (Å²) >= 11 is 0. The van der Waals surface area contributed by atoms with Gasteiger partial charge in [0, 0.05) is 24.2 Å². The molecule has 2 aromatic heterocycles. The third kappa shape index (κ3) is 1.82. The van der Waals surface area contributed by atoms with E-state index in [2.05, 4.69) is 22.6 Å². The molecular formula is C13H9N3. The van der Waals surface area contributed by atoms with Crippen LogP contribution < -0.4 is 0 Å². The standard InChI is InChI=1S/C13H9N3/c1-2-13-12(7-10(8-14)9-16-13)11-3-5-15-6-4-11/h2-7,9H,1H2. The highest BCUT2D eigenvalue weighted by Gasteiger charge is 2.05. The molecule has 0 saturated heterocycles. The van der Waals surface area contributed by atoms with Crippen molar-refractivity contribution < 1.29 is 0 Å². The third-order valence-electron chi connectivity index (χ3n) is 2.23. The van der Waals surface area contributed by atoms with Gasteiger partial charge in [0.1, 0.15) is 6.07 Å². The second-order valence-corrected chi connectivity index (χ2v) is 3.21. The lowest BCUT2D eigenvalue weighted by atomic mass is 10.0. The summed E-state index contributed by atoms with van der Waals surface area (Å²) in [5.74, 6) is 0. The van der Waals surface area contributed by atoms with Crippen LogP contribution in [0.15, 0.2) is 43.4 Å². The topological polar surface area (TPSA) is 49.6 Å². The van der Waals surface area contributed by atoms with E-state index in [-0.39, 0.29) is 0 Å². The Morgan fingerprint density at radius 1 is 1.31 bits per heavy atom. The van der Waals surface area contributed by atoms with E-state index in [0.29, 0.717) is 5.56 Å². The Morgan fingerprint density at radius 2 is 2.06 bits per heavy atom. The van der Waals surface area contributed by atoms with Crippen molar-refractivity contribution in [2.75, 3.05) is 0 Å². The molecule has 0 atom stereocenters. The fourth-order valence-corrected chi connectivity index (χ4v) is 1.46. The van der Waals surface area contributed by atoms with Crippen LogP contribution in [0.25, 0.3) is 17.2 Å². The van der Waals surface area contributed by atoms with E-state index >= 15 is 0 Å². The van der Waals surface area contributed by atoms with Crippen LogP contribution in [0.3, 0.4) is 0 Å². The maximum absolute atomic E-state index is 8.84. The van der Waals surface area contributed by atoms with Crippen LogP contribution in [0, 0.1) is 11.3 Å². The summed E-state index contributed by atoms with van der Waals surface area (Å²) in [6.45, 7) is 3.71. The predicted octanol–water partition coefficient (Wildman–Crippen LogP) is 2.66. The lowest BCUT2D eigenvalue weighted by Crippen LogP contribution is -1.89. The number of rotatable bonds is 2. The maximum atomic E-state index is 8.84. The summed E-state index contributed by atoms with van der Waals surface area (Å²) in [4.78, 5) is 8.14. The Balaban J connectivity index is 2.63. The monoisotopic (exact) mass is 207 g/mol. The highest BCUT2D eigenvalue weighted by Crippen LogP contribution is 2.23. The van der Waals surface area contributed by atoms with Gasteiger partial charge in [0.2, 0.25) is 0 Å². The largest absolute Gasteiger partial charge is 0.265 e. The molecule has 0 spiro atoms. The van der Waals surface area contributed by atoms with Crippen LogP contribution >= 0.6 is 0 Å². The van der Waals surface area contributed by atoms with Gasteiger partial charge in [-0.05, 0) is 29.8 Å². The Labute approximate surface area is 93.7 Å². The van der Waals surface area contributed by atoms with E-state index in [9.17, 15) is 0 Å². The molecule has 0 aliphatic carbocycles. The number of nitriles is 1. The van der Waals surface area contributed by atoms with Gasteiger partial charge in [0.15, 0.2) is 0 Å². The Hall–Kier alpha value is -2.47. The SMILES string of the molecule is C=Cc1ncc(C#N)cc1-c1ccncc1. The molecule has 3 nitrogen and oxygen atoms in total. The molecule has 0 unspecified atom stereocenters. The van der Waals surface area contributed by atoms with Crippen molar-refractivity contribution in [3.8, 4) is 17.2 Å². The molecule has 2 aromatic rings. The van der Waals surface area contributed by atoms with Gasteiger partial charge >= 0.3 is 0 Å². The van der Waals surface area contributed by atoms with Crippen LogP contribution in [0.1, 0.15) is 11.3 Å². The van der Waals surface area contributed by atoms with E-state index in [1.165, 1.54) is 0 Å². The van der Waals surface area contributed by atoms with Gasteiger partial charge < -0.3 is 0 Å². The van der Waals surface area contributed by atoms with Gasteiger partial charge in [-0.15, -0.1) is 0 Å². The van der Waals surface area contributed by atoms with Gasteiger partial charge in [-0.3, -0.25) is 9.97 Å². The first-order valence-electron chi connectivity index (χ1n) is 4.78. The third-order valence-corrected chi connectivity index (χ3v) is 2.23. The molecule has 0 amide bonds. The average molecular weight is 207 g/mol. The minimum absolute atomic E-state index is 0.539. The fraction of sp³-hybridized carbons (Fsp3) is 0. The first-order chi connectivity index (χ1) is 7.85. The molecule has 0 saturated carbocycles. The molecule has 0 fully saturated rings. The molecule has 2 rings (SSSR count). The molecule has 76 valence electrons. The number of hydrogen-bond donors (Lipinski definition) is 0. The quantitative estimate of drug-likeness (QED) is 0.760. The smallest absolute Gasteiger partial charge is 0.101 e. The zero-order chi connectivity index (χ0) is 11.4. The van der Waals surface area contributed by atoms with Crippen molar-refractivity contribution in [1.29, 1.82) is 5.26 Å². The van der Waals surface area contributed by atoms with E-state index < -0.39 is 0 Å². The van der Waals surface area contributed by atoms with Gasteiger partial charge in [0.25, 0.3) is 0 Å².